The number of sulfonamides is 1. The molecule has 0 aliphatic rings. The van der Waals surface area contributed by atoms with Crippen LogP contribution in [0, 0.1) is 0 Å². The highest BCUT2D eigenvalue weighted by Gasteiger charge is 2.34. The Morgan fingerprint density at radius 1 is 0.884 bits per heavy atom. The van der Waals surface area contributed by atoms with Crippen molar-refractivity contribution < 1.29 is 22.7 Å². The maximum absolute atomic E-state index is 14.2. The Bertz CT molecular complexity index is 1480. The van der Waals surface area contributed by atoms with E-state index in [1.807, 2.05) is 20.8 Å². The van der Waals surface area contributed by atoms with Crippen LogP contribution in [0.15, 0.2) is 71.6 Å². The molecule has 2 amide bonds. The molecule has 0 aromatic heterocycles. The molecule has 3 aromatic rings. The molecule has 0 saturated heterocycles. The molecular formula is C31H36Cl3N3O5S. The normalized spacial score (nSPS) is 12.7. The summed E-state index contributed by atoms with van der Waals surface area (Å²) in [6.45, 7) is 7.15. The Labute approximate surface area is 268 Å². The highest BCUT2D eigenvalue weighted by molar-refractivity contribution is 7.92. The van der Waals surface area contributed by atoms with Gasteiger partial charge in [0.25, 0.3) is 10.0 Å². The van der Waals surface area contributed by atoms with E-state index in [-0.39, 0.29) is 35.5 Å². The van der Waals surface area contributed by atoms with E-state index in [0.29, 0.717) is 39.4 Å². The van der Waals surface area contributed by atoms with Gasteiger partial charge >= 0.3 is 0 Å². The number of rotatable bonds is 14. The van der Waals surface area contributed by atoms with Gasteiger partial charge in [-0.2, -0.15) is 0 Å². The number of amides is 2. The average molecular weight is 669 g/mol. The second-order valence-corrected chi connectivity index (χ2v) is 13.0. The third-order valence-electron chi connectivity index (χ3n) is 6.89. The fourth-order valence-electron chi connectivity index (χ4n) is 4.35. The van der Waals surface area contributed by atoms with Crippen LogP contribution in [-0.2, 0) is 26.2 Å². The molecule has 0 heterocycles. The first-order chi connectivity index (χ1) is 20.4. The van der Waals surface area contributed by atoms with Gasteiger partial charge in [0.15, 0.2) is 0 Å². The van der Waals surface area contributed by atoms with Gasteiger partial charge in [0.2, 0.25) is 11.8 Å². The van der Waals surface area contributed by atoms with Crippen molar-refractivity contribution in [1.82, 2.24) is 10.2 Å². The van der Waals surface area contributed by atoms with Gasteiger partial charge in [0, 0.05) is 33.2 Å². The highest BCUT2D eigenvalue weighted by Crippen LogP contribution is 2.30. The zero-order valence-electron chi connectivity index (χ0n) is 24.5. The highest BCUT2D eigenvalue weighted by atomic mass is 35.5. The minimum Gasteiger partial charge on any atom is -0.494 e. The van der Waals surface area contributed by atoms with Gasteiger partial charge < -0.3 is 15.0 Å². The van der Waals surface area contributed by atoms with Crippen molar-refractivity contribution in [2.24, 2.45) is 0 Å². The SMILES string of the molecule is CCOc1ccc(N(CC(=O)N(Cc2c(Cl)cccc2Cl)[C@H](CC)C(=O)N[C@@H](C)CC)S(=O)(=O)c2ccc(Cl)cc2)cc1. The van der Waals surface area contributed by atoms with Crippen LogP contribution < -0.4 is 14.4 Å². The van der Waals surface area contributed by atoms with Gasteiger partial charge in [-0.1, -0.05) is 54.7 Å². The summed E-state index contributed by atoms with van der Waals surface area (Å²) in [5.74, 6) is -0.431. The Morgan fingerprint density at radius 2 is 1.49 bits per heavy atom. The standard InChI is InChI=1S/C31H36Cl3N3O5S/c1-5-21(4)35-31(39)29(6-2)36(19-26-27(33)9-8-10-28(26)34)30(38)20-37(23-13-15-24(16-14-23)42-7-3)43(40,41)25-17-11-22(32)12-18-25/h8-18,21,29H,5-7,19-20H2,1-4H3,(H,35,39)/t21-,29+/m0/s1. The first-order valence-electron chi connectivity index (χ1n) is 14.0. The molecule has 0 unspecified atom stereocenters. The summed E-state index contributed by atoms with van der Waals surface area (Å²) in [5, 5.41) is 3.94. The van der Waals surface area contributed by atoms with Crippen molar-refractivity contribution in [1.29, 1.82) is 0 Å². The zero-order valence-corrected chi connectivity index (χ0v) is 27.6. The predicted octanol–water partition coefficient (Wildman–Crippen LogP) is 6.96. The van der Waals surface area contributed by atoms with Crippen LogP contribution in [0.5, 0.6) is 5.75 Å². The van der Waals surface area contributed by atoms with Gasteiger partial charge in [-0.15, -0.1) is 0 Å². The smallest absolute Gasteiger partial charge is 0.264 e. The summed E-state index contributed by atoms with van der Waals surface area (Å²) in [6.07, 6.45) is 0.959. The molecule has 0 fully saturated rings. The number of nitrogens with zero attached hydrogens (tertiary/aromatic N) is 2. The Morgan fingerprint density at radius 3 is 2.02 bits per heavy atom. The van der Waals surface area contributed by atoms with Gasteiger partial charge in [-0.3, -0.25) is 13.9 Å². The molecule has 0 radical (unpaired) electrons. The van der Waals surface area contributed by atoms with Crippen molar-refractivity contribution in [3.05, 3.63) is 87.4 Å². The van der Waals surface area contributed by atoms with Crippen LogP contribution in [0.25, 0.3) is 0 Å². The lowest BCUT2D eigenvalue weighted by atomic mass is 10.1. The van der Waals surface area contributed by atoms with Crippen molar-refractivity contribution in [2.45, 2.75) is 64.1 Å². The minimum absolute atomic E-state index is 0.0548. The number of halogens is 3. The van der Waals surface area contributed by atoms with E-state index in [4.69, 9.17) is 39.5 Å². The number of carbonyl (C=O) groups is 2. The summed E-state index contributed by atoms with van der Waals surface area (Å²) in [4.78, 5) is 28.9. The van der Waals surface area contributed by atoms with Gasteiger partial charge in [-0.25, -0.2) is 8.42 Å². The van der Waals surface area contributed by atoms with E-state index in [2.05, 4.69) is 5.32 Å². The number of hydrogen-bond acceptors (Lipinski definition) is 5. The maximum atomic E-state index is 14.2. The minimum atomic E-state index is -4.26. The number of carbonyl (C=O) groups excluding carboxylic acids is 2. The lowest BCUT2D eigenvalue weighted by Gasteiger charge is -2.34. The molecule has 0 aliphatic carbocycles. The average Bonchev–Trinajstić information content (AvgIpc) is 2.97. The summed E-state index contributed by atoms with van der Waals surface area (Å²) < 4.78 is 34.5. The zero-order chi connectivity index (χ0) is 31.7. The third kappa shape index (κ3) is 8.79. The molecule has 0 spiro atoms. The molecule has 232 valence electrons. The van der Waals surface area contributed by atoms with E-state index in [0.717, 1.165) is 4.31 Å². The van der Waals surface area contributed by atoms with Crippen molar-refractivity contribution in [2.75, 3.05) is 17.5 Å². The Balaban J connectivity index is 2.10. The molecule has 43 heavy (non-hydrogen) atoms. The topological polar surface area (TPSA) is 96.0 Å². The van der Waals surface area contributed by atoms with Crippen molar-refractivity contribution >= 4 is 62.3 Å². The number of nitrogens with one attached hydrogen (secondary N) is 1. The van der Waals surface area contributed by atoms with E-state index in [9.17, 15) is 18.0 Å². The summed E-state index contributed by atoms with van der Waals surface area (Å²) in [5.41, 5.74) is 0.682. The van der Waals surface area contributed by atoms with Crippen LogP contribution in [0.3, 0.4) is 0 Å². The van der Waals surface area contributed by atoms with E-state index in [1.54, 1.807) is 49.4 Å². The first kappa shape index (κ1) is 34.5. The molecule has 0 saturated carbocycles. The largest absolute Gasteiger partial charge is 0.494 e. The number of hydrogen-bond donors (Lipinski definition) is 1. The number of ether oxygens (including phenoxy) is 1. The Hall–Kier alpha value is -2.98. The monoisotopic (exact) mass is 667 g/mol. The lowest BCUT2D eigenvalue weighted by molar-refractivity contribution is -0.140. The van der Waals surface area contributed by atoms with Crippen LogP contribution in [-0.4, -0.2) is 50.4 Å². The van der Waals surface area contributed by atoms with Gasteiger partial charge in [-0.05, 0) is 87.4 Å². The van der Waals surface area contributed by atoms with E-state index in [1.165, 1.54) is 29.2 Å². The Kier molecular flexibility index (Phi) is 12.6. The second kappa shape index (κ2) is 15.7. The van der Waals surface area contributed by atoms with Gasteiger partial charge in [0.1, 0.15) is 18.3 Å². The summed E-state index contributed by atoms with van der Waals surface area (Å²) in [7, 11) is -4.26. The lowest BCUT2D eigenvalue weighted by Crippen LogP contribution is -2.53. The van der Waals surface area contributed by atoms with E-state index < -0.39 is 28.5 Å². The van der Waals surface area contributed by atoms with Crippen molar-refractivity contribution in [3.63, 3.8) is 0 Å². The molecule has 12 heteroatoms. The van der Waals surface area contributed by atoms with Crippen LogP contribution >= 0.6 is 34.8 Å². The second-order valence-electron chi connectivity index (χ2n) is 9.86. The molecule has 0 aliphatic heterocycles. The van der Waals surface area contributed by atoms with Crippen LogP contribution in [0.1, 0.15) is 46.1 Å². The molecule has 8 nitrogen and oxygen atoms in total. The molecule has 2 atom stereocenters. The fourth-order valence-corrected chi connectivity index (χ4v) is 6.41. The molecule has 3 aromatic carbocycles. The number of anilines is 1. The summed E-state index contributed by atoms with van der Waals surface area (Å²) >= 11 is 19.0. The third-order valence-corrected chi connectivity index (χ3v) is 9.64. The quantitative estimate of drug-likeness (QED) is 0.200. The van der Waals surface area contributed by atoms with Crippen LogP contribution in [0.2, 0.25) is 15.1 Å². The predicted molar refractivity (Wildman–Crippen MR) is 173 cm³/mol. The molecule has 1 N–H and O–H groups in total. The van der Waals surface area contributed by atoms with Crippen LogP contribution in [0.4, 0.5) is 5.69 Å². The fraction of sp³-hybridized carbons (Fsp3) is 0.355. The number of benzene rings is 3. The maximum Gasteiger partial charge on any atom is 0.264 e. The summed E-state index contributed by atoms with van der Waals surface area (Å²) in [6, 6.07) is 16.0. The molecule has 3 rings (SSSR count). The van der Waals surface area contributed by atoms with E-state index >= 15 is 0 Å². The first-order valence-corrected chi connectivity index (χ1v) is 16.5. The van der Waals surface area contributed by atoms with Gasteiger partial charge in [0.05, 0.1) is 17.2 Å². The molecular weight excluding hydrogens is 633 g/mol. The molecule has 0 bridgehead atoms. The van der Waals surface area contributed by atoms with Crippen molar-refractivity contribution in [3.8, 4) is 5.75 Å².